The van der Waals surface area contributed by atoms with Gasteiger partial charge in [0.1, 0.15) is 52.9 Å². The summed E-state index contributed by atoms with van der Waals surface area (Å²) in [7, 11) is 2.53. The van der Waals surface area contributed by atoms with Crippen LogP contribution in [0.4, 0.5) is 58.0 Å². The fourth-order valence-electron chi connectivity index (χ4n) is 6.24. The third-order valence-electron chi connectivity index (χ3n) is 9.24. The Morgan fingerprint density at radius 2 is 1.21 bits per heavy atom. The van der Waals surface area contributed by atoms with E-state index in [1.807, 2.05) is 6.07 Å². The molecule has 0 bridgehead atoms. The number of methoxy groups -OCH3 is 2. The SMILES string of the molecule is COc1ccc(F)c(Nc2nccnc2-c2cc(NN(c3ccc(CN4CCOCC4)cn3)c3cc(-c4nccnc4Nc4c(F)ccc(OC)c4F)ncn3)ncn2)c1F. The molecule has 0 atom stereocenters. The number of benzene rings is 2. The number of hydrogen-bond acceptors (Lipinski definition) is 17. The lowest BCUT2D eigenvalue weighted by atomic mass is 10.2. The Bertz CT molecular complexity index is 2660. The first kappa shape index (κ1) is 40.1. The summed E-state index contributed by atoms with van der Waals surface area (Å²) in [5.74, 6) is -3.23. The highest BCUT2D eigenvalue weighted by molar-refractivity contribution is 5.77. The molecule has 1 aliphatic rings. The van der Waals surface area contributed by atoms with Crippen LogP contribution in [0.25, 0.3) is 22.8 Å². The Kier molecular flexibility index (Phi) is 11.9. The molecule has 0 radical (unpaired) electrons. The van der Waals surface area contributed by atoms with E-state index in [1.54, 1.807) is 18.3 Å². The average molecular weight is 835 g/mol. The maximum Gasteiger partial charge on any atom is 0.191 e. The zero-order chi connectivity index (χ0) is 42.3. The number of nitrogens with zero attached hydrogens (tertiary/aromatic N) is 11. The summed E-state index contributed by atoms with van der Waals surface area (Å²) < 4.78 is 75.7. The van der Waals surface area contributed by atoms with Crippen LogP contribution in [0.5, 0.6) is 11.5 Å². The van der Waals surface area contributed by atoms with E-state index in [4.69, 9.17) is 19.2 Å². The number of hydrogen-bond donors (Lipinski definition) is 3. The van der Waals surface area contributed by atoms with E-state index in [-0.39, 0.29) is 57.5 Å². The predicted octanol–water partition coefficient (Wildman–Crippen LogP) is 6.63. The molecule has 310 valence electrons. The van der Waals surface area contributed by atoms with E-state index in [0.717, 1.165) is 30.8 Å². The summed E-state index contributed by atoms with van der Waals surface area (Å²) in [6.07, 6.45) is 9.79. The molecule has 0 spiro atoms. The Morgan fingerprint density at radius 1 is 0.639 bits per heavy atom. The summed E-state index contributed by atoms with van der Waals surface area (Å²) in [6.45, 7) is 3.53. The molecule has 0 saturated carbocycles. The second-order valence-electron chi connectivity index (χ2n) is 13.0. The van der Waals surface area contributed by atoms with Crippen molar-refractivity contribution in [2.75, 3.05) is 61.6 Å². The molecule has 17 nitrogen and oxygen atoms in total. The first-order chi connectivity index (χ1) is 29.8. The Morgan fingerprint density at radius 3 is 1.79 bits per heavy atom. The molecule has 0 amide bonds. The largest absolute Gasteiger partial charge is 0.494 e. The van der Waals surface area contributed by atoms with Gasteiger partial charge in [-0.3, -0.25) is 10.3 Å². The van der Waals surface area contributed by atoms with Gasteiger partial charge in [-0.1, -0.05) is 6.07 Å². The van der Waals surface area contributed by atoms with Gasteiger partial charge in [0.2, 0.25) is 0 Å². The van der Waals surface area contributed by atoms with Crippen LogP contribution in [-0.2, 0) is 11.3 Å². The lowest BCUT2D eigenvalue weighted by molar-refractivity contribution is 0.0341. The van der Waals surface area contributed by atoms with Crippen LogP contribution in [-0.4, -0.2) is 90.3 Å². The topological polar surface area (TPSA) is 186 Å². The molecule has 1 fully saturated rings. The highest BCUT2D eigenvalue weighted by Gasteiger charge is 2.23. The molecule has 2 aromatic carbocycles. The van der Waals surface area contributed by atoms with E-state index in [0.29, 0.717) is 25.6 Å². The Balaban J connectivity index is 1.15. The van der Waals surface area contributed by atoms with Gasteiger partial charge in [-0.05, 0) is 35.9 Å². The number of ether oxygens (including phenoxy) is 3. The molecule has 5 aromatic heterocycles. The standard InChI is InChI=1S/C40H34F4N14O3/c1-59-28-6-4-24(41)35(33(28)43)54-39-37(45-9-11-47-39)26-17-30(52-21-50-26)56-58(31-8-3-23(19-49-31)20-57-13-15-61-16-14-57)32-18-27(51-22-53-32)38-40(48-12-10-46-38)55-36-25(42)5-7-29(60-2)34(36)44/h3-12,17-19,21-22H,13-16,20H2,1-2H3,(H,47,54)(H,48,55)(H,50,52,56). The summed E-state index contributed by atoms with van der Waals surface area (Å²) in [4.78, 5) is 42.1. The van der Waals surface area contributed by atoms with Crippen molar-refractivity contribution in [3.63, 3.8) is 0 Å². The lowest BCUT2D eigenvalue weighted by Crippen LogP contribution is -2.35. The van der Waals surface area contributed by atoms with Gasteiger partial charge in [-0.25, -0.2) is 67.4 Å². The van der Waals surface area contributed by atoms with Gasteiger partial charge < -0.3 is 24.8 Å². The quantitative estimate of drug-likeness (QED) is 0.0782. The number of pyridine rings is 1. The first-order valence-electron chi connectivity index (χ1n) is 18.5. The fourth-order valence-corrected chi connectivity index (χ4v) is 6.24. The molecule has 0 unspecified atom stereocenters. The maximum absolute atomic E-state index is 15.2. The Hall–Kier alpha value is -7.65. The average Bonchev–Trinajstić information content (AvgIpc) is 3.29. The highest BCUT2D eigenvalue weighted by atomic mass is 19.1. The summed E-state index contributed by atoms with van der Waals surface area (Å²) in [5.41, 5.74) is 3.90. The molecule has 1 aliphatic heterocycles. The monoisotopic (exact) mass is 834 g/mol. The molecule has 7 aromatic rings. The van der Waals surface area contributed by atoms with Gasteiger partial charge in [0, 0.05) is 62.8 Å². The van der Waals surface area contributed by atoms with E-state index < -0.39 is 34.6 Å². The molecule has 8 rings (SSSR count). The van der Waals surface area contributed by atoms with Crippen molar-refractivity contribution >= 4 is 40.5 Å². The van der Waals surface area contributed by atoms with Crippen LogP contribution in [0.1, 0.15) is 5.56 Å². The molecule has 6 heterocycles. The second kappa shape index (κ2) is 18.1. The van der Waals surface area contributed by atoms with Crippen LogP contribution >= 0.6 is 0 Å². The van der Waals surface area contributed by atoms with Crippen LogP contribution in [0.3, 0.4) is 0 Å². The minimum Gasteiger partial charge on any atom is -0.494 e. The van der Waals surface area contributed by atoms with Crippen molar-refractivity contribution < 1.29 is 31.8 Å². The number of anilines is 7. The Labute approximate surface area is 344 Å². The van der Waals surface area contributed by atoms with Gasteiger partial charge in [0.05, 0.1) is 38.8 Å². The van der Waals surface area contributed by atoms with E-state index in [9.17, 15) is 8.78 Å². The normalized spacial score (nSPS) is 12.8. The van der Waals surface area contributed by atoms with Crippen molar-refractivity contribution in [2.24, 2.45) is 0 Å². The second-order valence-corrected chi connectivity index (χ2v) is 13.0. The summed E-state index contributed by atoms with van der Waals surface area (Å²) >= 11 is 0. The van der Waals surface area contributed by atoms with E-state index >= 15 is 8.78 Å². The van der Waals surface area contributed by atoms with Gasteiger partial charge >= 0.3 is 0 Å². The van der Waals surface area contributed by atoms with Gasteiger partial charge in [-0.2, -0.15) is 0 Å². The van der Waals surface area contributed by atoms with Crippen molar-refractivity contribution in [3.05, 3.63) is 121 Å². The number of morpholine rings is 1. The smallest absolute Gasteiger partial charge is 0.191 e. The van der Waals surface area contributed by atoms with E-state index in [2.05, 4.69) is 60.8 Å². The predicted molar refractivity (Wildman–Crippen MR) is 215 cm³/mol. The summed E-state index contributed by atoms with van der Waals surface area (Å²) in [5, 5.41) is 6.91. The summed E-state index contributed by atoms with van der Waals surface area (Å²) in [6, 6.07) is 11.3. The molecule has 0 aliphatic carbocycles. The fraction of sp³-hybridized carbons (Fsp3) is 0.175. The van der Waals surface area contributed by atoms with Crippen LogP contribution in [0.15, 0.2) is 92.2 Å². The van der Waals surface area contributed by atoms with Crippen molar-refractivity contribution in [2.45, 2.75) is 6.54 Å². The van der Waals surface area contributed by atoms with Crippen LogP contribution < -0.4 is 30.5 Å². The van der Waals surface area contributed by atoms with Gasteiger partial charge in [0.25, 0.3) is 0 Å². The molecule has 21 heteroatoms. The number of hydrazine groups is 1. The molecule has 1 saturated heterocycles. The third-order valence-corrected chi connectivity index (χ3v) is 9.24. The number of rotatable bonds is 14. The van der Waals surface area contributed by atoms with Crippen molar-refractivity contribution in [1.29, 1.82) is 0 Å². The molecule has 3 N–H and O–H groups in total. The van der Waals surface area contributed by atoms with Crippen molar-refractivity contribution in [1.82, 2.24) is 49.8 Å². The minimum atomic E-state index is -0.964. The van der Waals surface area contributed by atoms with Crippen LogP contribution in [0.2, 0.25) is 0 Å². The number of halogens is 4. The maximum atomic E-state index is 15.2. The lowest BCUT2D eigenvalue weighted by Gasteiger charge is -2.27. The van der Waals surface area contributed by atoms with Gasteiger partial charge in [-0.15, -0.1) is 0 Å². The molecule has 61 heavy (non-hydrogen) atoms. The third kappa shape index (κ3) is 8.87. The first-order valence-corrected chi connectivity index (χ1v) is 18.5. The zero-order valence-corrected chi connectivity index (χ0v) is 32.4. The minimum absolute atomic E-state index is 0.00452. The zero-order valence-electron chi connectivity index (χ0n) is 32.4. The molecular weight excluding hydrogens is 801 g/mol. The number of nitrogens with one attached hydrogen (secondary N) is 3. The van der Waals surface area contributed by atoms with Crippen molar-refractivity contribution in [3.8, 4) is 34.3 Å². The van der Waals surface area contributed by atoms with Gasteiger partial charge in [0.15, 0.2) is 46.4 Å². The van der Waals surface area contributed by atoms with E-state index in [1.165, 1.54) is 74.9 Å². The number of aromatic nitrogens is 9. The molecular formula is C40H34F4N14O3. The van der Waals surface area contributed by atoms with Crippen LogP contribution in [0, 0.1) is 23.3 Å². The highest BCUT2D eigenvalue weighted by Crippen LogP contribution is 2.35.